The highest BCUT2D eigenvalue weighted by molar-refractivity contribution is 7.80. The number of carbonyl (C=O) groups is 1. The first kappa shape index (κ1) is 16.2. The van der Waals surface area contributed by atoms with E-state index in [0.29, 0.717) is 16.6 Å². The molecule has 0 aliphatic heterocycles. The van der Waals surface area contributed by atoms with Crippen molar-refractivity contribution in [2.24, 2.45) is 10.8 Å². The Kier molecular flexibility index (Phi) is 4.59. The summed E-state index contributed by atoms with van der Waals surface area (Å²) in [5.41, 5.74) is 9.69. The van der Waals surface area contributed by atoms with Crippen molar-refractivity contribution in [2.75, 3.05) is 0 Å². The highest BCUT2D eigenvalue weighted by Gasteiger charge is 2.20. The minimum absolute atomic E-state index is 0.0477. The normalized spacial score (nSPS) is 11.0. The quantitative estimate of drug-likeness (QED) is 0.429. The average Bonchev–Trinajstić information content (AvgIpc) is 2.87. The Bertz CT molecular complexity index is 950. The molecule has 7 heteroatoms. The number of nitrogens with one attached hydrogen (secondary N) is 1. The minimum atomic E-state index is -0.209. The summed E-state index contributed by atoms with van der Waals surface area (Å²) < 4.78 is 1.47. The molecule has 0 radical (unpaired) electrons. The van der Waals surface area contributed by atoms with E-state index in [4.69, 9.17) is 29.6 Å². The third kappa shape index (κ3) is 3.02. The molecule has 0 unspecified atom stereocenters. The number of fused-ring (bicyclic) bond motifs is 1. The van der Waals surface area contributed by atoms with Crippen LogP contribution >= 0.6 is 23.8 Å². The Labute approximate surface area is 148 Å². The molecule has 0 fully saturated rings. The van der Waals surface area contributed by atoms with Crippen molar-refractivity contribution in [3.8, 4) is 0 Å². The first-order chi connectivity index (χ1) is 11.6. The fourth-order valence-corrected chi connectivity index (χ4v) is 2.80. The lowest BCUT2D eigenvalue weighted by molar-refractivity contribution is 0.0965. The van der Waals surface area contributed by atoms with Crippen molar-refractivity contribution in [1.82, 2.24) is 9.99 Å². The van der Waals surface area contributed by atoms with Crippen LogP contribution in [0.15, 0.2) is 59.7 Å². The maximum Gasteiger partial charge on any atom is 0.263 e. The fourth-order valence-electron chi connectivity index (χ4n) is 2.43. The number of benzene rings is 2. The second-order valence-electron chi connectivity index (χ2n) is 4.96. The molecule has 1 heterocycles. The van der Waals surface area contributed by atoms with Gasteiger partial charge in [0.15, 0.2) is 5.11 Å². The molecule has 0 amide bonds. The largest absolute Gasteiger partial charge is 0.375 e. The number of thiocarbonyl (C=S) groups is 1. The maximum absolute atomic E-state index is 12.9. The lowest BCUT2D eigenvalue weighted by atomic mass is 10.2. The van der Waals surface area contributed by atoms with Crippen LogP contribution in [0.25, 0.3) is 10.9 Å². The summed E-state index contributed by atoms with van der Waals surface area (Å²) in [6, 6.07) is 16.4. The molecular weight excluding hydrogens is 344 g/mol. The molecule has 3 rings (SSSR count). The van der Waals surface area contributed by atoms with Gasteiger partial charge in [0.25, 0.3) is 5.91 Å². The van der Waals surface area contributed by atoms with Crippen LogP contribution in [0.3, 0.4) is 0 Å². The van der Waals surface area contributed by atoms with E-state index in [9.17, 15) is 4.79 Å². The summed E-state index contributed by atoms with van der Waals surface area (Å²) >= 11 is 11.2. The lowest BCUT2D eigenvalue weighted by Gasteiger charge is -2.05. The molecule has 2 aromatic carbocycles. The monoisotopic (exact) mass is 356 g/mol. The van der Waals surface area contributed by atoms with Gasteiger partial charge in [-0.1, -0.05) is 48.0 Å². The summed E-state index contributed by atoms with van der Waals surface area (Å²) in [6.45, 7) is 0. The van der Waals surface area contributed by atoms with Crippen LogP contribution in [0.2, 0.25) is 5.15 Å². The average molecular weight is 357 g/mol. The molecule has 0 atom stereocenters. The van der Waals surface area contributed by atoms with Crippen LogP contribution in [0.1, 0.15) is 15.9 Å². The third-order valence-electron chi connectivity index (χ3n) is 3.45. The molecule has 5 nitrogen and oxygen atoms in total. The van der Waals surface area contributed by atoms with Crippen molar-refractivity contribution in [2.45, 2.75) is 0 Å². The van der Waals surface area contributed by atoms with Gasteiger partial charge < -0.3 is 5.73 Å². The highest BCUT2D eigenvalue weighted by atomic mass is 35.5. The van der Waals surface area contributed by atoms with Gasteiger partial charge in [-0.3, -0.25) is 14.8 Å². The zero-order valence-corrected chi connectivity index (χ0v) is 14.0. The van der Waals surface area contributed by atoms with Gasteiger partial charge in [-0.2, -0.15) is 5.10 Å². The number of nitrogens with two attached hydrogens (primary N) is 1. The molecule has 0 saturated carbocycles. The first-order valence-corrected chi connectivity index (χ1v) is 7.85. The van der Waals surface area contributed by atoms with Crippen LogP contribution in [0, 0.1) is 0 Å². The Morgan fingerprint density at radius 2 is 1.83 bits per heavy atom. The molecule has 0 spiro atoms. The standard InChI is InChI=1S/C17H13ClN4OS/c18-15-13(10-20-21-17(19)24)12-8-4-5-9-14(12)22(15)16(23)11-6-2-1-3-7-11/h1-10H,(H3,19,21,24)/b20-10+. The number of nitrogens with zero attached hydrogens (tertiary/aromatic N) is 2. The molecule has 0 aliphatic carbocycles. The predicted molar refractivity (Wildman–Crippen MR) is 101 cm³/mol. The van der Waals surface area contributed by atoms with Crippen molar-refractivity contribution >= 4 is 52.0 Å². The van der Waals surface area contributed by atoms with E-state index in [2.05, 4.69) is 10.5 Å². The number of rotatable bonds is 3. The molecule has 24 heavy (non-hydrogen) atoms. The van der Waals surface area contributed by atoms with Crippen LogP contribution in [-0.2, 0) is 0 Å². The van der Waals surface area contributed by atoms with Crippen LogP contribution in [-0.4, -0.2) is 21.8 Å². The van der Waals surface area contributed by atoms with Gasteiger partial charge in [-0.05, 0) is 30.4 Å². The number of aromatic nitrogens is 1. The van der Waals surface area contributed by atoms with E-state index in [1.165, 1.54) is 10.8 Å². The zero-order chi connectivity index (χ0) is 17.1. The second kappa shape index (κ2) is 6.82. The van der Waals surface area contributed by atoms with E-state index in [-0.39, 0.29) is 16.2 Å². The van der Waals surface area contributed by atoms with Gasteiger partial charge in [0.1, 0.15) is 5.15 Å². The summed E-state index contributed by atoms with van der Waals surface area (Å²) in [4.78, 5) is 12.9. The lowest BCUT2D eigenvalue weighted by Crippen LogP contribution is -2.24. The smallest absolute Gasteiger partial charge is 0.263 e. The van der Waals surface area contributed by atoms with Gasteiger partial charge in [-0.15, -0.1) is 0 Å². The fraction of sp³-hybridized carbons (Fsp3) is 0. The SMILES string of the molecule is NC(=S)N/N=C/c1c(Cl)n(C(=O)c2ccccc2)c2ccccc12. The number of carbonyl (C=O) groups excluding carboxylic acids is 1. The summed E-state index contributed by atoms with van der Waals surface area (Å²) in [7, 11) is 0. The van der Waals surface area contributed by atoms with Gasteiger partial charge in [0.2, 0.25) is 0 Å². The first-order valence-electron chi connectivity index (χ1n) is 7.07. The molecule has 120 valence electrons. The zero-order valence-electron chi connectivity index (χ0n) is 12.4. The van der Waals surface area contributed by atoms with Crippen molar-refractivity contribution in [3.63, 3.8) is 0 Å². The van der Waals surface area contributed by atoms with E-state index in [0.717, 1.165) is 5.39 Å². The Morgan fingerprint density at radius 3 is 2.54 bits per heavy atom. The number of halogens is 1. The topological polar surface area (TPSA) is 72.4 Å². The number of hydrogen-bond donors (Lipinski definition) is 2. The molecule has 3 N–H and O–H groups in total. The van der Waals surface area contributed by atoms with Crippen molar-refractivity contribution in [1.29, 1.82) is 0 Å². The van der Waals surface area contributed by atoms with E-state index in [1.807, 2.05) is 30.3 Å². The highest BCUT2D eigenvalue weighted by Crippen LogP contribution is 2.29. The summed E-state index contributed by atoms with van der Waals surface area (Å²) in [6.07, 6.45) is 1.50. The Hall–Kier alpha value is -2.70. The predicted octanol–water partition coefficient (Wildman–Crippen LogP) is 3.15. The number of para-hydroxylation sites is 1. The van der Waals surface area contributed by atoms with Gasteiger partial charge in [-0.25, -0.2) is 0 Å². The minimum Gasteiger partial charge on any atom is -0.375 e. The third-order valence-corrected chi connectivity index (χ3v) is 3.91. The molecule has 0 bridgehead atoms. The summed E-state index contributed by atoms with van der Waals surface area (Å²) in [5.74, 6) is -0.209. The van der Waals surface area contributed by atoms with Gasteiger partial charge in [0, 0.05) is 16.5 Å². The van der Waals surface area contributed by atoms with E-state index in [1.54, 1.807) is 24.3 Å². The van der Waals surface area contributed by atoms with Gasteiger partial charge >= 0.3 is 0 Å². The van der Waals surface area contributed by atoms with Gasteiger partial charge in [0.05, 0.1) is 11.7 Å². The number of hydrogen-bond acceptors (Lipinski definition) is 3. The van der Waals surface area contributed by atoms with E-state index >= 15 is 0 Å². The van der Waals surface area contributed by atoms with Crippen LogP contribution < -0.4 is 11.2 Å². The Morgan fingerprint density at radius 1 is 1.17 bits per heavy atom. The Balaban J connectivity index is 2.15. The van der Waals surface area contributed by atoms with Crippen LogP contribution in [0.5, 0.6) is 0 Å². The molecule has 0 aliphatic rings. The second-order valence-corrected chi connectivity index (χ2v) is 5.76. The van der Waals surface area contributed by atoms with E-state index < -0.39 is 0 Å². The maximum atomic E-state index is 12.9. The van der Waals surface area contributed by atoms with Crippen molar-refractivity contribution < 1.29 is 4.79 Å². The molecule has 0 saturated heterocycles. The number of hydrazone groups is 1. The summed E-state index contributed by atoms with van der Waals surface area (Å²) in [5, 5.41) is 5.08. The molecule has 3 aromatic rings. The van der Waals surface area contributed by atoms with Crippen LogP contribution in [0.4, 0.5) is 0 Å². The molecule has 1 aromatic heterocycles. The molecular formula is C17H13ClN4OS. The van der Waals surface area contributed by atoms with Crippen molar-refractivity contribution in [3.05, 3.63) is 70.9 Å².